The van der Waals surface area contributed by atoms with E-state index < -0.39 is 0 Å². The Kier molecular flexibility index (Phi) is 4.58. The Bertz CT molecular complexity index is 578. The lowest BCUT2D eigenvalue weighted by molar-refractivity contribution is -0.118. The molecule has 1 heterocycles. The number of halogens is 1. The molecule has 0 spiro atoms. The fourth-order valence-electron chi connectivity index (χ4n) is 2.02. The van der Waals surface area contributed by atoms with Crippen LogP contribution in [0.25, 0.3) is 11.3 Å². The number of pyridine rings is 1. The van der Waals surface area contributed by atoms with Gasteiger partial charge in [0.15, 0.2) is 0 Å². The summed E-state index contributed by atoms with van der Waals surface area (Å²) in [6, 6.07) is 9.87. The first-order valence-electron chi connectivity index (χ1n) is 6.48. The van der Waals surface area contributed by atoms with Gasteiger partial charge in [0.1, 0.15) is 11.6 Å². The van der Waals surface area contributed by atoms with Gasteiger partial charge in [0.05, 0.1) is 11.7 Å². The largest absolute Gasteiger partial charge is 0.310 e. The van der Waals surface area contributed by atoms with Crippen LogP contribution in [0.1, 0.15) is 12.5 Å². The first-order valence-corrected chi connectivity index (χ1v) is 6.48. The molecule has 20 heavy (non-hydrogen) atoms. The minimum Gasteiger partial charge on any atom is -0.310 e. The number of nitrogens with one attached hydrogen (secondary N) is 1. The summed E-state index contributed by atoms with van der Waals surface area (Å²) >= 11 is 0. The molecule has 1 aromatic carbocycles. The molecule has 0 fully saturated rings. The van der Waals surface area contributed by atoms with Gasteiger partial charge in [-0.05, 0) is 56.3 Å². The zero-order valence-corrected chi connectivity index (χ0v) is 11.6. The number of nitrogens with zero attached hydrogens (tertiary/aromatic N) is 1. The Morgan fingerprint density at radius 1 is 1.25 bits per heavy atom. The van der Waals surface area contributed by atoms with Crippen LogP contribution in [0.15, 0.2) is 42.6 Å². The first-order chi connectivity index (χ1) is 9.60. The van der Waals surface area contributed by atoms with Gasteiger partial charge in [-0.3, -0.25) is 9.78 Å². The SMILES string of the molecule is CN[C@@H](Cc1ccc(-c2ccc(F)cc2)nc1)C(C)=O. The molecule has 1 N–H and O–H groups in total. The molecule has 0 unspecified atom stereocenters. The van der Waals surface area contributed by atoms with Gasteiger partial charge in [0.25, 0.3) is 0 Å². The average Bonchev–Trinajstić information content (AvgIpc) is 2.46. The van der Waals surface area contributed by atoms with Crippen LogP contribution in [0.4, 0.5) is 4.39 Å². The molecular weight excluding hydrogens is 255 g/mol. The van der Waals surface area contributed by atoms with Crippen LogP contribution in [0.5, 0.6) is 0 Å². The molecule has 1 aromatic heterocycles. The van der Waals surface area contributed by atoms with Crippen LogP contribution in [0.2, 0.25) is 0 Å². The third-order valence-electron chi connectivity index (χ3n) is 3.24. The van der Waals surface area contributed by atoms with Crippen molar-refractivity contribution >= 4 is 5.78 Å². The summed E-state index contributed by atoms with van der Waals surface area (Å²) in [5.41, 5.74) is 2.65. The number of carbonyl (C=O) groups is 1. The second-order valence-corrected chi connectivity index (χ2v) is 4.71. The highest BCUT2D eigenvalue weighted by Crippen LogP contribution is 2.17. The van der Waals surface area contributed by atoms with Crippen LogP contribution in [-0.4, -0.2) is 23.9 Å². The maximum absolute atomic E-state index is 12.9. The highest BCUT2D eigenvalue weighted by atomic mass is 19.1. The van der Waals surface area contributed by atoms with Crippen molar-refractivity contribution in [3.63, 3.8) is 0 Å². The topological polar surface area (TPSA) is 42.0 Å². The number of hydrogen-bond donors (Lipinski definition) is 1. The van der Waals surface area contributed by atoms with Crippen LogP contribution in [0.3, 0.4) is 0 Å². The summed E-state index contributed by atoms with van der Waals surface area (Å²) in [4.78, 5) is 15.7. The van der Waals surface area contributed by atoms with E-state index in [-0.39, 0.29) is 17.6 Å². The zero-order chi connectivity index (χ0) is 14.5. The number of carbonyl (C=O) groups excluding carboxylic acids is 1. The molecule has 0 radical (unpaired) electrons. The van der Waals surface area contributed by atoms with E-state index in [1.54, 1.807) is 32.3 Å². The Morgan fingerprint density at radius 3 is 2.45 bits per heavy atom. The molecule has 0 saturated carbocycles. The van der Waals surface area contributed by atoms with Crippen molar-refractivity contribution in [2.75, 3.05) is 7.05 Å². The molecule has 1 atom stereocenters. The highest BCUT2D eigenvalue weighted by Gasteiger charge is 2.12. The second-order valence-electron chi connectivity index (χ2n) is 4.71. The Morgan fingerprint density at radius 2 is 1.95 bits per heavy atom. The predicted molar refractivity (Wildman–Crippen MR) is 76.9 cm³/mol. The Labute approximate surface area is 117 Å². The number of ketones is 1. The molecule has 3 nitrogen and oxygen atoms in total. The van der Waals surface area contributed by atoms with E-state index in [2.05, 4.69) is 10.3 Å². The molecule has 0 aliphatic carbocycles. The van der Waals surface area contributed by atoms with Crippen LogP contribution < -0.4 is 5.32 Å². The van der Waals surface area contributed by atoms with Gasteiger partial charge in [0.2, 0.25) is 0 Å². The number of rotatable bonds is 5. The molecule has 0 amide bonds. The lowest BCUT2D eigenvalue weighted by Crippen LogP contribution is -2.34. The minimum atomic E-state index is -0.260. The number of aromatic nitrogens is 1. The summed E-state index contributed by atoms with van der Waals surface area (Å²) < 4.78 is 12.9. The summed E-state index contributed by atoms with van der Waals surface area (Å²) in [6.07, 6.45) is 2.37. The Hall–Kier alpha value is -2.07. The van der Waals surface area contributed by atoms with Gasteiger partial charge in [-0.15, -0.1) is 0 Å². The van der Waals surface area contributed by atoms with Gasteiger partial charge in [-0.1, -0.05) is 6.07 Å². The zero-order valence-electron chi connectivity index (χ0n) is 11.6. The summed E-state index contributed by atoms with van der Waals surface area (Å²) in [6.45, 7) is 1.57. The molecule has 0 bridgehead atoms. The third kappa shape index (κ3) is 3.48. The van der Waals surface area contributed by atoms with Crippen LogP contribution >= 0.6 is 0 Å². The maximum atomic E-state index is 12.9. The minimum absolute atomic E-state index is 0.107. The fraction of sp³-hybridized carbons (Fsp3) is 0.250. The number of benzene rings is 1. The normalized spacial score (nSPS) is 12.2. The van der Waals surface area contributed by atoms with Crippen molar-refractivity contribution in [1.29, 1.82) is 0 Å². The summed E-state index contributed by atoms with van der Waals surface area (Å²) in [7, 11) is 1.77. The second kappa shape index (κ2) is 6.39. The smallest absolute Gasteiger partial charge is 0.147 e. The lowest BCUT2D eigenvalue weighted by atomic mass is 10.0. The number of likely N-dealkylation sites (N-methyl/N-ethyl adjacent to an activating group) is 1. The molecule has 2 rings (SSSR count). The van der Waals surface area contributed by atoms with Crippen molar-refractivity contribution in [3.05, 3.63) is 54.0 Å². The number of hydrogen-bond acceptors (Lipinski definition) is 3. The quantitative estimate of drug-likeness (QED) is 0.909. The van der Waals surface area contributed by atoms with E-state index in [1.165, 1.54) is 12.1 Å². The molecule has 4 heteroatoms. The van der Waals surface area contributed by atoms with Crippen molar-refractivity contribution in [2.45, 2.75) is 19.4 Å². The first kappa shape index (κ1) is 14.3. The standard InChI is InChI=1S/C16H17FN2O/c1-11(20)16(18-2)9-12-3-8-15(19-10-12)13-4-6-14(17)7-5-13/h3-8,10,16,18H,9H2,1-2H3/t16-/m0/s1. The molecule has 0 aliphatic rings. The van der Waals surface area contributed by atoms with Crippen molar-refractivity contribution in [3.8, 4) is 11.3 Å². The van der Waals surface area contributed by atoms with Gasteiger partial charge in [-0.2, -0.15) is 0 Å². The van der Waals surface area contributed by atoms with Gasteiger partial charge < -0.3 is 5.32 Å². The van der Waals surface area contributed by atoms with Crippen LogP contribution in [-0.2, 0) is 11.2 Å². The summed E-state index contributed by atoms with van der Waals surface area (Å²) in [5.74, 6) is -0.154. The van der Waals surface area contributed by atoms with E-state index >= 15 is 0 Å². The highest BCUT2D eigenvalue weighted by molar-refractivity contribution is 5.81. The summed E-state index contributed by atoms with van der Waals surface area (Å²) in [5, 5.41) is 2.98. The lowest BCUT2D eigenvalue weighted by Gasteiger charge is -2.12. The van der Waals surface area contributed by atoms with E-state index in [0.29, 0.717) is 6.42 Å². The predicted octanol–water partition coefficient (Wildman–Crippen LogP) is 2.61. The van der Waals surface area contributed by atoms with Crippen molar-refractivity contribution in [1.82, 2.24) is 10.3 Å². The molecule has 0 aliphatic heterocycles. The van der Waals surface area contributed by atoms with Gasteiger partial charge in [-0.25, -0.2) is 4.39 Å². The van der Waals surface area contributed by atoms with E-state index in [9.17, 15) is 9.18 Å². The number of Topliss-reactive ketones (excluding diaryl/α,β-unsaturated/α-hetero) is 1. The molecular formula is C16H17FN2O. The fourth-order valence-corrected chi connectivity index (χ4v) is 2.02. The van der Waals surface area contributed by atoms with E-state index in [1.807, 2.05) is 12.1 Å². The Balaban J connectivity index is 2.13. The van der Waals surface area contributed by atoms with Crippen molar-refractivity contribution in [2.24, 2.45) is 0 Å². The van der Waals surface area contributed by atoms with Gasteiger partial charge in [0, 0.05) is 11.8 Å². The molecule has 0 saturated heterocycles. The van der Waals surface area contributed by atoms with E-state index in [0.717, 1.165) is 16.8 Å². The van der Waals surface area contributed by atoms with E-state index in [4.69, 9.17) is 0 Å². The average molecular weight is 272 g/mol. The van der Waals surface area contributed by atoms with Crippen molar-refractivity contribution < 1.29 is 9.18 Å². The van der Waals surface area contributed by atoms with Crippen LogP contribution in [0, 0.1) is 5.82 Å². The van der Waals surface area contributed by atoms with Gasteiger partial charge >= 0.3 is 0 Å². The molecule has 104 valence electrons. The maximum Gasteiger partial charge on any atom is 0.147 e. The third-order valence-corrected chi connectivity index (χ3v) is 3.24. The molecule has 2 aromatic rings. The monoisotopic (exact) mass is 272 g/mol.